The van der Waals surface area contributed by atoms with E-state index in [1.165, 1.54) is 25.7 Å². The van der Waals surface area contributed by atoms with E-state index in [0.717, 1.165) is 24.7 Å². The SMILES string of the molecule is Fc1ccc2[nH]c(C3CCCCCC3)nc2c1F. The number of benzene rings is 1. The normalized spacial score (nSPS) is 18.1. The van der Waals surface area contributed by atoms with E-state index in [1.54, 1.807) is 6.07 Å². The molecule has 1 aliphatic rings. The first-order valence-electron chi connectivity index (χ1n) is 6.59. The number of hydrogen-bond acceptors (Lipinski definition) is 1. The molecule has 2 nitrogen and oxygen atoms in total. The van der Waals surface area contributed by atoms with Gasteiger partial charge in [0.1, 0.15) is 11.3 Å². The molecule has 1 aromatic carbocycles. The topological polar surface area (TPSA) is 28.7 Å². The summed E-state index contributed by atoms with van der Waals surface area (Å²) in [6.45, 7) is 0. The van der Waals surface area contributed by atoms with Crippen LogP contribution in [0.4, 0.5) is 8.78 Å². The first-order valence-corrected chi connectivity index (χ1v) is 6.59. The summed E-state index contributed by atoms with van der Waals surface area (Å²) in [5, 5.41) is 0. The van der Waals surface area contributed by atoms with Gasteiger partial charge in [0, 0.05) is 5.92 Å². The maximum absolute atomic E-state index is 13.6. The van der Waals surface area contributed by atoms with E-state index in [1.807, 2.05) is 0 Å². The van der Waals surface area contributed by atoms with Crippen LogP contribution in [0.1, 0.15) is 50.3 Å². The Kier molecular flexibility index (Phi) is 3.02. The molecule has 96 valence electrons. The van der Waals surface area contributed by atoms with E-state index in [4.69, 9.17) is 0 Å². The Morgan fingerprint density at radius 2 is 1.78 bits per heavy atom. The van der Waals surface area contributed by atoms with Crippen molar-refractivity contribution in [2.45, 2.75) is 44.4 Å². The summed E-state index contributed by atoms with van der Waals surface area (Å²) in [5.41, 5.74) is 0.724. The maximum atomic E-state index is 13.6. The van der Waals surface area contributed by atoms with Crippen LogP contribution in [0.25, 0.3) is 11.0 Å². The molecule has 1 N–H and O–H groups in total. The average molecular weight is 250 g/mol. The summed E-state index contributed by atoms with van der Waals surface area (Å²) in [6, 6.07) is 2.70. The van der Waals surface area contributed by atoms with Gasteiger partial charge in [0.15, 0.2) is 11.6 Å². The molecule has 1 fully saturated rings. The van der Waals surface area contributed by atoms with Gasteiger partial charge in [0.25, 0.3) is 0 Å². The van der Waals surface area contributed by atoms with Crippen molar-refractivity contribution in [1.29, 1.82) is 0 Å². The van der Waals surface area contributed by atoms with Crippen LogP contribution in [-0.2, 0) is 0 Å². The van der Waals surface area contributed by atoms with E-state index in [2.05, 4.69) is 9.97 Å². The van der Waals surface area contributed by atoms with Crippen LogP contribution >= 0.6 is 0 Å². The third-order valence-corrected chi connectivity index (χ3v) is 3.81. The highest BCUT2D eigenvalue weighted by molar-refractivity contribution is 5.75. The highest BCUT2D eigenvalue weighted by Crippen LogP contribution is 2.31. The molecule has 18 heavy (non-hydrogen) atoms. The molecule has 0 bridgehead atoms. The molecule has 2 aromatic rings. The van der Waals surface area contributed by atoms with Gasteiger partial charge in [-0.1, -0.05) is 25.7 Å². The number of nitrogens with zero attached hydrogens (tertiary/aromatic N) is 1. The van der Waals surface area contributed by atoms with Gasteiger partial charge in [-0.3, -0.25) is 0 Å². The van der Waals surface area contributed by atoms with Crippen molar-refractivity contribution < 1.29 is 8.78 Å². The van der Waals surface area contributed by atoms with Gasteiger partial charge in [-0.05, 0) is 25.0 Å². The lowest BCUT2D eigenvalue weighted by Gasteiger charge is -2.09. The molecule has 1 aliphatic carbocycles. The quantitative estimate of drug-likeness (QED) is 0.752. The molecular formula is C14H16F2N2. The third kappa shape index (κ3) is 2.00. The van der Waals surface area contributed by atoms with Gasteiger partial charge in [-0.15, -0.1) is 0 Å². The minimum atomic E-state index is -0.844. The van der Waals surface area contributed by atoms with Crippen molar-refractivity contribution in [3.63, 3.8) is 0 Å². The minimum absolute atomic E-state index is 0.134. The number of rotatable bonds is 1. The molecule has 0 saturated heterocycles. The highest BCUT2D eigenvalue weighted by Gasteiger charge is 2.19. The monoisotopic (exact) mass is 250 g/mol. The average Bonchev–Trinajstić information content (AvgIpc) is 2.62. The van der Waals surface area contributed by atoms with E-state index >= 15 is 0 Å². The van der Waals surface area contributed by atoms with Gasteiger partial charge in [0.2, 0.25) is 0 Å². The molecule has 1 aromatic heterocycles. The minimum Gasteiger partial charge on any atom is -0.342 e. The van der Waals surface area contributed by atoms with Crippen LogP contribution in [-0.4, -0.2) is 9.97 Å². The van der Waals surface area contributed by atoms with Crippen LogP contribution < -0.4 is 0 Å². The molecule has 4 heteroatoms. The van der Waals surface area contributed by atoms with Gasteiger partial charge in [0.05, 0.1) is 5.52 Å². The summed E-state index contributed by atoms with van der Waals surface area (Å²) in [5.74, 6) is -0.496. The first kappa shape index (κ1) is 11.6. The fourth-order valence-corrected chi connectivity index (χ4v) is 2.78. The third-order valence-electron chi connectivity index (χ3n) is 3.81. The lowest BCUT2D eigenvalue weighted by atomic mass is 10.00. The molecule has 0 atom stereocenters. The standard InChI is InChI=1S/C14H16F2N2/c15-10-7-8-11-13(12(10)16)18-14(17-11)9-5-3-1-2-4-6-9/h7-9H,1-6H2,(H,17,18). The zero-order chi connectivity index (χ0) is 12.5. The second-order valence-electron chi connectivity index (χ2n) is 5.07. The Morgan fingerprint density at radius 1 is 1.06 bits per heavy atom. The molecule has 0 unspecified atom stereocenters. The molecule has 0 amide bonds. The second kappa shape index (κ2) is 4.67. The molecule has 0 radical (unpaired) electrons. The summed E-state index contributed by atoms with van der Waals surface area (Å²) in [4.78, 5) is 7.41. The van der Waals surface area contributed by atoms with Crippen molar-refractivity contribution in [2.75, 3.05) is 0 Å². The number of aromatic amines is 1. The van der Waals surface area contributed by atoms with Crippen LogP contribution in [0.3, 0.4) is 0 Å². The summed E-state index contributed by atoms with van der Waals surface area (Å²) < 4.78 is 26.7. The van der Waals surface area contributed by atoms with Crippen molar-refractivity contribution >= 4 is 11.0 Å². The van der Waals surface area contributed by atoms with Gasteiger partial charge in [-0.25, -0.2) is 13.8 Å². The van der Waals surface area contributed by atoms with Crippen molar-refractivity contribution in [3.05, 3.63) is 29.6 Å². The number of fused-ring (bicyclic) bond motifs is 1. The fraction of sp³-hybridized carbons (Fsp3) is 0.500. The van der Waals surface area contributed by atoms with Crippen LogP contribution in [0.15, 0.2) is 12.1 Å². The number of hydrogen-bond donors (Lipinski definition) is 1. The maximum Gasteiger partial charge on any atom is 0.186 e. The van der Waals surface area contributed by atoms with Crippen LogP contribution in [0.2, 0.25) is 0 Å². The Hall–Kier alpha value is -1.45. The predicted octanol–water partition coefficient (Wildman–Crippen LogP) is 4.28. The Bertz CT molecular complexity index is 554. The van der Waals surface area contributed by atoms with E-state index < -0.39 is 11.6 Å². The first-order chi connectivity index (χ1) is 8.75. The van der Waals surface area contributed by atoms with Gasteiger partial charge >= 0.3 is 0 Å². The number of aromatic nitrogens is 2. The summed E-state index contributed by atoms with van der Waals surface area (Å²) in [6.07, 6.45) is 7.09. The van der Waals surface area contributed by atoms with Gasteiger partial charge in [-0.2, -0.15) is 0 Å². The Labute approximate surface area is 104 Å². The lowest BCUT2D eigenvalue weighted by molar-refractivity contribution is 0.515. The Balaban J connectivity index is 1.99. The smallest absolute Gasteiger partial charge is 0.186 e. The predicted molar refractivity (Wildman–Crippen MR) is 66.5 cm³/mol. The molecule has 0 spiro atoms. The number of imidazole rings is 1. The molecule has 3 rings (SSSR count). The summed E-state index contributed by atoms with van der Waals surface area (Å²) >= 11 is 0. The zero-order valence-corrected chi connectivity index (χ0v) is 10.2. The number of nitrogens with one attached hydrogen (secondary N) is 1. The molecule has 1 heterocycles. The Morgan fingerprint density at radius 3 is 2.50 bits per heavy atom. The van der Waals surface area contributed by atoms with Crippen LogP contribution in [0, 0.1) is 11.6 Å². The highest BCUT2D eigenvalue weighted by atomic mass is 19.2. The van der Waals surface area contributed by atoms with E-state index in [0.29, 0.717) is 11.4 Å². The number of H-pyrrole nitrogens is 1. The second-order valence-corrected chi connectivity index (χ2v) is 5.07. The van der Waals surface area contributed by atoms with Gasteiger partial charge < -0.3 is 4.98 Å². The molecule has 0 aliphatic heterocycles. The lowest BCUT2D eigenvalue weighted by Crippen LogP contribution is -1.99. The number of halogens is 2. The summed E-state index contributed by atoms with van der Waals surface area (Å²) in [7, 11) is 0. The zero-order valence-electron chi connectivity index (χ0n) is 10.2. The van der Waals surface area contributed by atoms with Crippen molar-refractivity contribution in [3.8, 4) is 0 Å². The molecule has 1 saturated carbocycles. The largest absolute Gasteiger partial charge is 0.342 e. The fourth-order valence-electron chi connectivity index (χ4n) is 2.78. The van der Waals surface area contributed by atoms with E-state index in [-0.39, 0.29) is 5.52 Å². The van der Waals surface area contributed by atoms with Crippen molar-refractivity contribution in [2.24, 2.45) is 0 Å². The molecular weight excluding hydrogens is 234 g/mol. The van der Waals surface area contributed by atoms with Crippen LogP contribution in [0.5, 0.6) is 0 Å². The van der Waals surface area contributed by atoms with E-state index in [9.17, 15) is 8.78 Å². The van der Waals surface area contributed by atoms with Crippen molar-refractivity contribution in [1.82, 2.24) is 9.97 Å².